The minimum atomic E-state index is 0.690. The predicted octanol–water partition coefficient (Wildman–Crippen LogP) is 2.48. The van der Waals surface area contributed by atoms with Crippen molar-refractivity contribution >= 4 is 5.95 Å². The summed E-state index contributed by atoms with van der Waals surface area (Å²) >= 11 is 0. The summed E-state index contributed by atoms with van der Waals surface area (Å²) in [5, 5.41) is 3.21. The first-order valence-corrected chi connectivity index (χ1v) is 5.53. The zero-order chi connectivity index (χ0) is 12.3. The van der Waals surface area contributed by atoms with E-state index < -0.39 is 0 Å². The van der Waals surface area contributed by atoms with Crippen molar-refractivity contribution in [1.82, 2.24) is 14.5 Å². The van der Waals surface area contributed by atoms with Gasteiger partial charge in [0, 0.05) is 18.9 Å². The van der Waals surface area contributed by atoms with E-state index in [1.165, 1.54) is 0 Å². The molecule has 2 rings (SSSR count). The quantitative estimate of drug-likeness (QED) is 0.817. The number of rotatable bonds is 4. The fraction of sp³-hybridized carbons (Fsp3) is 0.231. The van der Waals surface area contributed by atoms with Gasteiger partial charge in [0.1, 0.15) is 0 Å². The Balaban J connectivity index is 2.40. The molecular weight excluding hydrogens is 212 g/mol. The highest BCUT2D eigenvalue weighted by molar-refractivity contribution is 5.43. The minimum Gasteiger partial charge on any atom is -0.352 e. The van der Waals surface area contributed by atoms with E-state index in [9.17, 15) is 0 Å². The van der Waals surface area contributed by atoms with Crippen molar-refractivity contribution in [2.75, 3.05) is 11.9 Å². The van der Waals surface area contributed by atoms with Gasteiger partial charge in [-0.1, -0.05) is 6.08 Å². The van der Waals surface area contributed by atoms with Gasteiger partial charge in [-0.3, -0.25) is 9.55 Å². The molecule has 2 aromatic heterocycles. The van der Waals surface area contributed by atoms with Crippen LogP contribution in [-0.2, 0) is 0 Å². The van der Waals surface area contributed by atoms with Gasteiger partial charge in [0.25, 0.3) is 0 Å². The van der Waals surface area contributed by atoms with E-state index in [1.807, 2.05) is 43.1 Å². The predicted molar refractivity (Wildman–Crippen MR) is 69.5 cm³/mol. The Bertz CT molecular complexity index is 528. The van der Waals surface area contributed by atoms with Gasteiger partial charge >= 0.3 is 0 Å². The summed E-state index contributed by atoms with van der Waals surface area (Å²) in [6.45, 7) is 8.37. The first-order valence-electron chi connectivity index (χ1n) is 5.53. The lowest BCUT2D eigenvalue weighted by Crippen LogP contribution is -2.05. The molecule has 0 amide bonds. The Labute approximate surface area is 101 Å². The molecule has 1 N–H and O–H groups in total. The molecule has 4 heteroatoms. The Morgan fingerprint density at radius 2 is 2.24 bits per heavy atom. The highest BCUT2D eigenvalue weighted by Gasteiger charge is 2.06. The normalized spacial score (nSPS) is 10.2. The van der Waals surface area contributed by atoms with Gasteiger partial charge in [0.05, 0.1) is 17.6 Å². The second-order valence-corrected chi connectivity index (χ2v) is 3.97. The topological polar surface area (TPSA) is 42.7 Å². The van der Waals surface area contributed by atoms with Gasteiger partial charge < -0.3 is 5.32 Å². The third-order valence-corrected chi connectivity index (χ3v) is 2.37. The van der Waals surface area contributed by atoms with Crippen molar-refractivity contribution in [2.45, 2.75) is 13.8 Å². The fourth-order valence-electron chi connectivity index (χ4n) is 1.65. The number of hydrogen-bond acceptors (Lipinski definition) is 3. The lowest BCUT2D eigenvalue weighted by atomic mass is 10.3. The third-order valence-electron chi connectivity index (χ3n) is 2.37. The Morgan fingerprint density at radius 1 is 1.41 bits per heavy atom. The number of pyridine rings is 1. The van der Waals surface area contributed by atoms with E-state index in [0.717, 1.165) is 22.9 Å². The molecule has 0 atom stereocenters. The van der Waals surface area contributed by atoms with Crippen LogP contribution in [0, 0.1) is 13.8 Å². The van der Waals surface area contributed by atoms with E-state index >= 15 is 0 Å². The van der Waals surface area contributed by atoms with Crippen molar-refractivity contribution in [1.29, 1.82) is 0 Å². The second kappa shape index (κ2) is 4.82. The Morgan fingerprint density at radius 3 is 2.94 bits per heavy atom. The van der Waals surface area contributed by atoms with Crippen LogP contribution in [0.15, 0.2) is 37.3 Å². The molecule has 4 nitrogen and oxygen atoms in total. The molecule has 0 aromatic carbocycles. The molecule has 2 aromatic rings. The molecule has 0 spiro atoms. The summed E-state index contributed by atoms with van der Waals surface area (Å²) in [4.78, 5) is 8.63. The maximum Gasteiger partial charge on any atom is 0.208 e. The molecule has 0 aliphatic rings. The van der Waals surface area contributed by atoms with Gasteiger partial charge in [-0.15, -0.1) is 6.58 Å². The van der Waals surface area contributed by atoms with Gasteiger partial charge in [-0.2, -0.15) is 0 Å². The van der Waals surface area contributed by atoms with Crippen LogP contribution >= 0.6 is 0 Å². The number of imidazole rings is 1. The largest absolute Gasteiger partial charge is 0.352 e. The summed E-state index contributed by atoms with van der Waals surface area (Å²) in [5.74, 6) is 0.815. The maximum atomic E-state index is 4.43. The highest BCUT2D eigenvalue weighted by atomic mass is 15.2. The highest BCUT2D eigenvalue weighted by Crippen LogP contribution is 2.16. The number of hydrogen-bond donors (Lipinski definition) is 1. The van der Waals surface area contributed by atoms with Crippen molar-refractivity contribution in [3.05, 3.63) is 48.6 Å². The molecule has 2 heterocycles. The van der Waals surface area contributed by atoms with Crippen molar-refractivity contribution in [3.63, 3.8) is 0 Å². The monoisotopic (exact) mass is 228 g/mol. The molecule has 0 saturated heterocycles. The van der Waals surface area contributed by atoms with E-state index in [1.54, 1.807) is 0 Å². The van der Waals surface area contributed by atoms with Crippen LogP contribution in [0.4, 0.5) is 5.95 Å². The van der Waals surface area contributed by atoms with E-state index in [-0.39, 0.29) is 0 Å². The lowest BCUT2D eigenvalue weighted by Gasteiger charge is -2.08. The van der Waals surface area contributed by atoms with Crippen molar-refractivity contribution < 1.29 is 0 Å². The SMILES string of the molecule is C=CCNc1nc(C)cn1-c1cncc(C)c1. The first kappa shape index (κ1) is 11.4. The van der Waals surface area contributed by atoms with Crippen LogP contribution in [0.5, 0.6) is 0 Å². The molecule has 0 unspecified atom stereocenters. The van der Waals surface area contributed by atoms with Crippen LogP contribution in [-0.4, -0.2) is 21.1 Å². The molecule has 0 bridgehead atoms. The molecule has 17 heavy (non-hydrogen) atoms. The molecule has 88 valence electrons. The maximum absolute atomic E-state index is 4.43. The Hall–Kier alpha value is -2.10. The first-order chi connectivity index (χ1) is 8.20. The molecular formula is C13H16N4. The van der Waals surface area contributed by atoms with Crippen molar-refractivity contribution in [3.8, 4) is 5.69 Å². The summed E-state index contributed by atoms with van der Waals surface area (Å²) < 4.78 is 2.00. The Kier molecular flexibility index (Phi) is 3.23. The minimum absolute atomic E-state index is 0.690. The van der Waals surface area contributed by atoms with E-state index in [0.29, 0.717) is 6.54 Å². The molecule has 0 aliphatic heterocycles. The number of aromatic nitrogens is 3. The summed E-state index contributed by atoms with van der Waals surface area (Å²) in [6, 6.07) is 2.08. The molecule has 0 saturated carbocycles. The average Bonchev–Trinajstić information content (AvgIpc) is 2.68. The van der Waals surface area contributed by atoms with Crippen molar-refractivity contribution in [2.24, 2.45) is 0 Å². The average molecular weight is 228 g/mol. The lowest BCUT2D eigenvalue weighted by molar-refractivity contribution is 1.02. The third kappa shape index (κ3) is 2.53. The van der Waals surface area contributed by atoms with Crippen LogP contribution in [0.1, 0.15) is 11.3 Å². The van der Waals surface area contributed by atoms with Crippen LogP contribution < -0.4 is 5.32 Å². The van der Waals surface area contributed by atoms with Crippen LogP contribution in [0.25, 0.3) is 5.69 Å². The summed E-state index contributed by atoms with van der Waals surface area (Å²) in [6.07, 6.45) is 7.46. The van der Waals surface area contributed by atoms with Gasteiger partial charge in [-0.25, -0.2) is 4.98 Å². The number of aryl methyl sites for hydroxylation is 2. The molecule has 0 fully saturated rings. The number of nitrogens with zero attached hydrogens (tertiary/aromatic N) is 3. The van der Waals surface area contributed by atoms with Gasteiger partial charge in [0.2, 0.25) is 5.95 Å². The fourth-order valence-corrected chi connectivity index (χ4v) is 1.65. The van der Waals surface area contributed by atoms with E-state index in [2.05, 4.69) is 27.9 Å². The smallest absolute Gasteiger partial charge is 0.208 e. The zero-order valence-corrected chi connectivity index (χ0v) is 10.1. The number of anilines is 1. The van der Waals surface area contributed by atoms with Gasteiger partial charge in [0.15, 0.2) is 0 Å². The van der Waals surface area contributed by atoms with Crippen LogP contribution in [0.2, 0.25) is 0 Å². The molecule has 0 aliphatic carbocycles. The summed E-state index contributed by atoms with van der Waals surface area (Å²) in [5.41, 5.74) is 3.11. The molecule has 0 radical (unpaired) electrons. The zero-order valence-electron chi connectivity index (χ0n) is 10.1. The van der Waals surface area contributed by atoms with E-state index in [4.69, 9.17) is 0 Å². The van der Waals surface area contributed by atoms with Gasteiger partial charge in [-0.05, 0) is 25.5 Å². The summed E-state index contributed by atoms with van der Waals surface area (Å²) in [7, 11) is 0. The standard InChI is InChI=1S/C13H16N4/c1-4-5-15-13-16-11(3)9-17(13)12-6-10(2)7-14-8-12/h4,6-9H,1,5H2,2-3H3,(H,15,16). The second-order valence-electron chi connectivity index (χ2n) is 3.97. The number of nitrogens with one attached hydrogen (secondary N) is 1. The van der Waals surface area contributed by atoms with Crippen LogP contribution in [0.3, 0.4) is 0 Å².